The minimum atomic E-state index is 0.722. The van der Waals surface area contributed by atoms with E-state index in [0.717, 1.165) is 35.6 Å². The van der Waals surface area contributed by atoms with E-state index in [2.05, 4.69) is 22.6 Å². The van der Waals surface area contributed by atoms with Crippen molar-refractivity contribution in [3.8, 4) is 5.75 Å². The van der Waals surface area contributed by atoms with E-state index in [9.17, 15) is 0 Å². The standard InChI is InChI=1S/C11H15IO2/c1-2-13-8-5-9-14-11-7-4-3-6-10(11)12/h3-4,6-7H,2,5,8-9H2,1H3. The maximum absolute atomic E-state index is 5.60. The van der Waals surface area contributed by atoms with Crippen LogP contribution in [0.5, 0.6) is 5.75 Å². The van der Waals surface area contributed by atoms with Crippen LogP contribution >= 0.6 is 22.6 Å². The Kier molecular flexibility index (Phi) is 5.94. The Morgan fingerprint density at radius 1 is 1.21 bits per heavy atom. The highest BCUT2D eigenvalue weighted by atomic mass is 127. The van der Waals surface area contributed by atoms with Crippen molar-refractivity contribution < 1.29 is 9.47 Å². The predicted octanol–water partition coefficient (Wildman–Crippen LogP) is 3.10. The molecule has 0 bridgehead atoms. The molecular weight excluding hydrogens is 291 g/mol. The molecular formula is C11H15IO2. The van der Waals surface area contributed by atoms with Crippen LogP contribution < -0.4 is 4.74 Å². The van der Waals surface area contributed by atoms with Crippen molar-refractivity contribution in [1.82, 2.24) is 0 Å². The molecule has 0 aromatic heterocycles. The van der Waals surface area contributed by atoms with E-state index in [4.69, 9.17) is 9.47 Å². The van der Waals surface area contributed by atoms with Crippen LogP contribution in [0.15, 0.2) is 24.3 Å². The Hall–Kier alpha value is -0.290. The number of hydrogen-bond donors (Lipinski definition) is 0. The fraction of sp³-hybridized carbons (Fsp3) is 0.455. The third-order valence-electron chi connectivity index (χ3n) is 1.73. The van der Waals surface area contributed by atoms with Crippen LogP contribution in [-0.2, 0) is 4.74 Å². The van der Waals surface area contributed by atoms with E-state index in [1.807, 2.05) is 31.2 Å². The molecule has 1 aromatic rings. The normalized spacial score (nSPS) is 10.1. The van der Waals surface area contributed by atoms with E-state index in [1.54, 1.807) is 0 Å². The third kappa shape index (κ3) is 4.28. The molecule has 0 radical (unpaired) electrons. The van der Waals surface area contributed by atoms with Gasteiger partial charge in [-0.15, -0.1) is 0 Å². The summed E-state index contributed by atoms with van der Waals surface area (Å²) >= 11 is 2.27. The molecule has 1 rings (SSSR count). The van der Waals surface area contributed by atoms with Gasteiger partial charge in [0.15, 0.2) is 0 Å². The molecule has 0 aliphatic heterocycles. The molecule has 2 nitrogen and oxygen atoms in total. The number of halogens is 1. The van der Waals surface area contributed by atoms with Gasteiger partial charge in [0.25, 0.3) is 0 Å². The summed E-state index contributed by atoms with van der Waals surface area (Å²) in [4.78, 5) is 0. The molecule has 0 saturated heterocycles. The fourth-order valence-electron chi connectivity index (χ4n) is 1.05. The molecule has 1 aromatic carbocycles. The topological polar surface area (TPSA) is 18.5 Å². The quantitative estimate of drug-likeness (QED) is 0.594. The molecule has 0 aliphatic carbocycles. The lowest BCUT2D eigenvalue weighted by atomic mass is 10.3. The SMILES string of the molecule is CCOCCCOc1ccccc1I. The summed E-state index contributed by atoms with van der Waals surface area (Å²) < 4.78 is 12.0. The molecule has 78 valence electrons. The van der Waals surface area contributed by atoms with Crippen LogP contribution in [0.3, 0.4) is 0 Å². The minimum Gasteiger partial charge on any atom is -0.492 e. The lowest BCUT2D eigenvalue weighted by Crippen LogP contribution is -2.03. The van der Waals surface area contributed by atoms with Crippen molar-refractivity contribution in [2.45, 2.75) is 13.3 Å². The Bertz CT molecular complexity index is 263. The third-order valence-corrected chi connectivity index (χ3v) is 2.62. The Morgan fingerprint density at radius 3 is 2.71 bits per heavy atom. The molecule has 0 aliphatic rings. The van der Waals surface area contributed by atoms with Gasteiger partial charge in [-0.3, -0.25) is 0 Å². The number of benzene rings is 1. The van der Waals surface area contributed by atoms with Crippen LogP contribution in [0, 0.1) is 3.57 Å². The summed E-state index contributed by atoms with van der Waals surface area (Å²) in [5.74, 6) is 0.963. The summed E-state index contributed by atoms with van der Waals surface area (Å²) in [6.45, 7) is 4.28. The van der Waals surface area contributed by atoms with E-state index in [-0.39, 0.29) is 0 Å². The van der Waals surface area contributed by atoms with E-state index >= 15 is 0 Å². The maximum atomic E-state index is 5.60. The van der Waals surface area contributed by atoms with Crippen LogP contribution in [0.25, 0.3) is 0 Å². The summed E-state index contributed by atoms with van der Waals surface area (Å²) in [7, 11) is 0. The summed E-state index contributed by atoms with van der Waals surface area (Å²) in [5.41, 5.74) is 0. The Labute approximate surface area is 98.7 Å². The van der Waals surface area contributed by atoms with Gasteiger partial charge in [-0.2, -0.15) is 0 Å². The first kappa shape index (κ1) is 11.8. The molecule has 0 atom stereocenters. The zero-order valence-electron chi connectivity index (χ0n) is 8.33. The van der Waals surface area contributed by atoms with Gasteiger partial charge < -0.3 is 9.47 Å². The number of ether oxygens (including phenoxy) is 2. The van der Waals surface area contributed by atoms with Crippen LogP contribution in [-0.4, -0.2) is 19.8 Å². The van der Waals surface area contributed by atoms with Crippen LogP contribution in [0.4, 0.5) is 0 Å². The average Bonchev–Trinajstić information content (AvgIpc) is 2.20. The molecule has 0 saturated carbocycles. The van der Waals surface area contributed by atoms with E-state index in [0.29, 0.717) is 0 Å². The summed E-state index contributed by atoms with van der Waals surface area (Å²) in [5, 5.41) is 0. The average molecular weight is 306 g/mol. The highest BCUT2D eigenvalue weighted by Gasteiger charge is 1.97. The van der Waals surface area contributed by atoms with Gasteiger partial charge in [0.1, 0.15) is 5.75 Å². The largest absolute Gasteiger partial charge is 0.492 e. The van der Waals surface area contributed by atoms with Gasteiger partial charge in [-0.1, -0.05) is 12.1 Å². The first-order valence-electron chi connectivity index (χ1n) is 4.79. The lowest BCUT2D eigenvalue weighted by molar-refractivity contribution is 0.130. The van der Waals surface area contributed by atoms with Crippen LogP contribution in [0.1, 0.15) is 13.3 Å². The number of para-hydroxylation sites is 1. The van der Waals surface area contributed by atoms with Gasteiger partial charge in [0.05, 0.1) is 10.2 Å². The molecule has 0 N–H and O–H groups in total. The molecule has 3 heteroatoms. The second-order valence-electron chi connectivity index (χ2n) is 2.83. The smallest absolute Gasteiger partial charge is 0.132 e. The van der Waals surface area contributed by atoms with Gasteiger partial charge >= 0.3 is 0 Å². The van der Waals surface area contributed by atoms with Gasteiger partial charge in [-0.05, 0) is 41.6 Å². The monoisotopic (exact) mass is 306 g/mol. The Balaban J connectivity index is 2.21. The lowest BCUT2D eigenvalue weighted by Gasteiger charge is -2.07. The van der Waals surface area contributed by atoms with E-state index in [1.165, 1.54) is 0 Å². The summed E-state index contributed by atoms with van der Waals surface area (Å²) in [6, 6.07) is 8.02. The van der Waals surface area contributed by atoms with Crippen molar-refractivity contribution in [2.24, 2.45) is 0 Å². The van der Waals surface area contributed by atoms with Crippen LogP contribution in [0.2, 0.25) is 0 Å². The van der Waals surface area contributed by atoms with Crippen molar-refractivity contribution >= 4 is 22.6 Å². The van der Waals surface area contributed by atoms with Crippen molar-refractivity contribution in [3.63, 3.8) is 0 Å². The molecule has 14 heavy (non-hydrogen) atoms. The fourth-order valence-corrected chi connectivity index (χ4v) is 1.59. The van der Waals surface area contributed by atoms with Crippen molar-refractivity contribution in [1.29, 1.82) is 0 Å². The molecule has 0 fully saturated rings. The van der Waals surface area contributed by atoms with Crippen molar-refractivity contribution in [3.05, 3.63) is 27.8 Å². The number of hydrogen-bond acceptors (Lipinski definition) is 2. The molecule has 0 spiro atoms. The second kappa shape index (κ2) is 7.06. The van der Waals surface area contributed by atoms with Gasteiger partial charge in [0.2, 0.25) is 0 Å². The highest BCUT2D eigenvalue weighted by Crippen LogP contribution is 2.19. The number of rotatable bonds is 6. The Morgan fingerprint density at radius 2 is 2.00 bits per heavy atom. The van der Waals surface area contributed by atoms with Crippen molar-refractivity contribution in [2.75, 3.05) is 19.8 Å². The first-order chi connectivity index (χ1) is 6.84. The summed E-state index contributed by atoms with van der Waals surface area (Å²) in [6.07, 6.45) is 0.943. The van der Waals surface area contributed by atoms with Gasteiger partial charge in [0, 0.05) is 19.6 Å². The zero-order valence-corrected chi connectivity index (χ0v) is 10.5. The maximum Gasteiger partial charge on any atom is 0.132 e. The molecule has 0 heterocycles. The zero-order chi connectivity index (χ0) is 10.2. The van der Waals surface area contributed by atoms with Gasteiger partial charge in [-0.25, -0.2) is 0 Å². The highest BCUT2D eigenvalue weighted by molar-refractivity contribution is 14.1. The second-order valence-corrected chi connectivity index (χ2v) is 3.99. The van der Waals surface area contributed by atoms with E-state index < -0.39 is 0 Å². The molecule has 0 unspecified atom stereocenters. The minimum absolute atomic E-state index is 0.722. The molecule has 0 amide bonds. The first-order valence-corrected chi connectivity index (χ1v) is 5.87. The predicted molar refractivity (Wildman–Crippen MR) is 65.8 cm³/mol.